The van der Waals surface area contributed by atoms with E-state index in [0.717, 1.165) is 24.0 Å². The van der Waals surface area contributed by atoms with E-state index >= 15 is 0 Å². The van der Waals surface area contributed by atoms with Gasteiger partial charge in [0, 0.05) is 43.1 Å². The Labute approximate surface area is 174 Å². The van der Waals surface area contributed by atoms with E-state index in [-0.39, 0.29) is 30.2 Å². The molecule has 1 N–H and O–H groups in total. The maximum absolute atomic E-state index is 12.9. The zero-order chi connectivity index (χ0) is 21.3. The van der Waals surface area contributed by atoms with Crippen LogP contribution >= 0.6 is 0 Å². The third kappa shape index (κ3) is 3.75. The lowest BCUT2D eigenvalue weighted by Crippen LogP contribution is -2.52. The first kappa shape index (κ1) is 20.0. The van der Waals surface area contributed by atoms with Crippen molar-refractivity contribution in [1.29, 1.82) is 0 Å². The first-order chi connectivity index (χ1) is 14.5. The second-order valence-corrected chi connectivity index (χ2v) is 7.73. The molecule has 8 heteroatoms. The van der Waals surface area contributed by atoms with Crippen molar-refractivity contribution in [2.45, 2.75) is 38.3 Å². The summed E-state index contributed by atoms with van der Waals surface area (Å²) in [6.07, 6.45) is 1.81. The molecule has 0 spiro atoms. The lowest BCUT2D eigenvalue weighted by atomic mass is 9.96. The van der Waals surface area contributed by atoms with E-state index in [1.165, 1.54) is 12.0 Å². The third-order valence-electron chi connectivity index (χ3n) is 5.92. The Kier molecular flexibility index (Phi) is 5.44. The lowest BCUT2D eigenvalue weighted by Gasteiger charge is -2.29. The van der Waals surface area contributed by atoms with E-state index < -0.39 is 11.9 Å². The monoisotopic (exact) mass is 409 g/mol. The van der Waals surface area contributed by atoms with Gasteiger partial charge in [-0.2, -0.15) is 0 Å². The maximum Gasteiger partial charge on any atom is 0.409 e. The highest BCUT2D eigenvalue weighted by molar-refractivity contribution is 6.05. The summed E-state index contributed by atoms with van der Waals surface area (Å²) in [4.78, 5) is 51.3. The maximum atomic E-state index is 12.9. The topological polar surface area (TPSA) is 96.0 Å². The van der Waals surface area contributed by atoms with Gasteiger partial charge in [0.2, 0.25) is 11.8 Å². The molecule has 1 aromatic rings. The van der Waals surface area contributed by atoms with Crippen LogP contribution in [0.1, 0.15) is 47.2 Å². The molecule has 1 aromatic carbocycles. The molecule has 2 fully saturated rings. The SMILES string of the molecule is COC(=O)N1CCC(C#Cc2cccc3c2CN(C2CCC(=O)NC2=O)C3=O)CC1. The van der Waals surface area contributed by atoms with Crippen molar-refractivity contribution in [3.05, 3.63) is 34.9 Å². The molecular formula is C22H23N3O5. The quantitative estimate of drug-likeness (QED) is 0.557. The molecule has 156 valence electrons. The Morgan fingerprint density at radius 1 is 1.17 bits per heavy atom. The molecule has 4 rings (SSSR count). The Bertz CT molecular complexity index is 969. The van der Waals surface area contributed by atoms with E-state index in [0.29, 0.717) is 31.6 Å². The number of hydrogen-bond acceptors (Lipinski definition) is 5. The predicted molar refractivity (Wildman–Crippen MR) is 106 cm³/mol. The highest BCUT2D eigenvalue weighted by Crippen LogP contribution is 2.29. The summed E-state index contributed by atoms with van der Waals surface area (Å²) >= 11 is 0. The normalized spacial score (nSPS) is 21.6. The molecule has 0 saturated carbocycles. The molecule has 4 amide bonds. The van der Waals surface area contributed by atoms with Crippen LogP contribution in [-0.4, -0.2) is 59.9 Å². The largest absolute Gasteiger partial charge is 0.453 e. The molecule has 30 heavy (non-hydrogen) atoms. The molecule has 3 heterocycles. The fraction of sp³-hybridized carbons (Fsp3) is 0.455. The number of fused-ring (bicyclic) bond motifs is 1. The van der Waals surface area contributed by atoms with Crippen LogP contribution < -0.4 is 5.32 Å². The van der Waals surface area contributed by atoms with Crippen molar-refractivity contribution in [3.63, 3.8) is 0 Å². The van der Waals surface area contributed by atoms with E-state index in [1.54, 1.807) is 17.0 Å². The minimum absolute atomic E-state index is 0.171. The van der Waals surface area contributed by atoms with Crippen LogP contribution in [0.3, 0.4) is 0 Å². The van der Waals surface area contributed by atoms with Gasteiger partial charge in [0.05, 0.1) is 7.11 Å². The first-order valence-electron chi connectivity index (χ1n) is 10.1. The number of nitrogens with one attached hydrogen (secondary N) is 1. The number of likely N-dealkylation sites (tertiary alicyclic amines) is 1. The zero-order valence-corrected chi connectivity index (χ0v) is 16.8. The van der Waals surface area contributed by atoms with Crippen LogP contribution in [0.4, 0.5) is 4.79 Å². The molecule has 0 aromatic heterocycles. The van der Waals surface area contributed by atoms with Gasteiger partial charge in [0.25, 0.3) is 5.91 Å². The molecule has 2 saturated heterocycles. The number of hydrogen-bond donors (Lipinski definition) is 1. The minimum Gasteiger partial charge on any atom is -0.453 e. The molecule has 0 bridgehead atoms. The number of nitrogens with zero attached hydrogens (tertiary/aromatic N) is 2. The van der Waals surface area contributed by atoms with Crippen molar-refractivity contribution in [1.82, 2.24) is 15.1 Å². The Balaban J connectivity index is 1.48. The fourth-order valence-corrected chi connectivity index (χ4v) is 4.22. The summed E-state index contributed by atoms with van der Waals surface area (Å²) in [5.41, 5.74) is 2.17. The highest BCUT2D eigenvalue weighted by atomic mass is 16.5. The van der Waals surface area contributed by atoms with Crippen LogP contribution in [0.25, 0.3) is 0 Å². The van der Waals surface area contributed by atoms with Gasteiger partial charge in [-0.15, -0.1) is 0 Å². The summed E-state index contributed by atoms with van der Waals surface area (Å²) in [7, 11) is 1.38. The second kappa shape index (κ2) is 8.19. The number of benzene rings is 1. The average molecular weight is 409 g/mol. The molecule has 3 aliphatic heterocycles. The number of carbonyl (C=O) groups is 4. The summed E-state index contributed by atoms with van der Waals surface area (Å²) in [6.45, 7) is 1.54. The van der Waals surface area contributed by atoms with Crippen molar-refractivity contribution in [2.75, 3.05) is 20.2 Å². The summed E-state index contributed by atoms with van der Waals surface area (Å²) in [6, 6.07) is 4.81. The van der Waals surface area contributed by atoms with E-state index in [1.807, 2.05) is 6.07 Å². The summed E-state index contributed by atoms with van der Waals surface area (Å²) < 4.78 is 4.76. The first-order valence-corrected chi connectivity index (χ1v) is 10.1. The van der Waals surface area contributed by atoms with Gasteiger partial charge in [-0.05, 0) is 37.0 Å². The van der Waals surface area contributed by atoms with Crippen LogP contribution in [0.2, 0.25) is 0 Å². The van der Waals surface area contributed by atoms with E-state index in [2.05, 4.69) is 17.2 Å². The second-order valence-electron chi connectivity index (χ2n) is 7.73. The number of rotatable bonds is 1. The van der Waals surface area contributed by atoms with Crippen molar-refractivity contribution < 1.29 is 23.9 Å². The average Bonchev–Trinajstić information content (AvgIpc) is 3.09. The van der Waals surface area contributed by atoms with Gasteiger partial charge in [-0.1, -0.05) is 17.9 Å². The third-order valence-corrected chi connectivity index (χ3v) is 5.92. The standard InChI is InChI=1S/C22H23N3O5/c1-30-22(29)24-11-9-14(10-12-24)5-6-15-3-2-4-16-17(15)13-25(21(16)28)18-7-8-19(26)23-20(18)27/h2-4,14,18H,7-13H2,1H3,(H,23,26,27). The van der Waals surface area contributed by atoms with Crippen molar-refractivity contribution >= 4 is 23.8 Å². The fourth-order valence-electron chi connectivity index (χ4n) is 4.22. The molecule has 1 unspecified atom stereocenters. The number of amides is 4. The molecule has 1 atom stereocenters. The Morgan fingerprint density at radius 3 is 2.63 bits per heavy atom. The summed E-state index contributed by atoms with van der Waals surface area (Å²) in [5, 5.41) is 2.32. The zero-order valence-electron chi connectivity index (χ0n) is 16.8. The van der Waals surface area contributed by atoms with Gasteiger partial charge < -0.3 is 14.5 Å². The number of methoxy groups -OCH3 is 1. The molecule has 0 radical (unpaired) electrons. The Morgan fingerprint density at radius 2 is 1.93 bits per heavy atom. The van der Waals surface area contributed by atoms with Crippen LogP contribution in [0, 0.1) is 17.8 Å². The van der Waals surface area contributed by atoms with Gasteiger partial charge in [0.1, 0.15) is 6.04 Å². The van der Waals surface area contributed by atoms with Crippen LogP contribution in [0.15, 0.2) is 18.2 Å². The van der Waals surface area contributed by atoms with E-state index in [4.69, 9.17) is 4.74 Å². The lowest BCUT2D eigenvalue weighted by molar-refractivity contribution is -0.136. The Hall–Kier alpha value is -3.34. The molecule has 3 aliphatic rings. The van der Waals surface area contributed by atoms with Crippen LogP contribution in [0.5, 0.6) is 0 Å². The number of imide groups is 1. The molecular weight excluding hydrogens is 386 g/mol. The number of carbonyl (C=O) groups excluding carboxylic acids is 4. The molecule has 0 aliphatic carbocycles. The molecule has 8 nitrogen and oxygen atoms in total. The van der Waals surface area contributed by atoms with Crippen molar-refractivity contribution in [3.8, 4) is 11.8 Å². The number of ether oxygens (including phenoxy) is 1. The highest BCUT2D eigenvalue weighted by Gasteiger charge is 2.39. The smallest absolute Gasteiger partial charge is 0.409 e. The number of piperidine rings is 2. The minimum atomic E-state index is -0.633. The van der Waals surface area contributed by atoms with Crippen molar-refractivity contribution in [2.24, 2.45) is 5.92 Å². The summed E-state index contributed by atoms with van der Waals surface area (Å²) in [5.74, 6) is 5.76. The van der Waals surface area contributed by atoms with Gasteiger partial charge >= 0.3 is 6.09 Å². The van der Waals surface area contributed by atoms with Gasteiger partial charge in [0.15, 0.2) is 0 Å². The predicted octanol–water partition coefficient (Wildman–Crippen LogP) is 1.28. The van der Waals surface area contributed by atoms with Gasteiger partial charge in [-0.25, -0.2) is 4.79 Å². The van der Waals surface area contributed by atoms with Crippen LogP contribution in [-0.2, 0) is 20.9 Å². The van der Waals surface area contributed by atoms with Gasteiger partial charge in [-0.3, -0.25) is 19.7 Å². The van der Waals surface area contributed by atoms with E-state index in [9.17, 15) is 19.2 Å².